The lowest BCUT2D eigenvalue weighted by Gasteiger charge is -2.39. The lowest BCUT2D eigenvalue weighted by Crippen LogP contribution is -2.46. The Bertz CT molecular complexity index is 458. The second-order valence-corrected chi connectivity index (χ2v) is 6.59. The zero-order valence-electron chi connectivity index (χ0n) is 12.1. The molecule has 1 aliphatic rings. The fraction of sp³-hybridized carbons (Fsp3) is 0.562. The van der Waals surface area contributed by atoms with Crippen molar-refractivity contribution in [2.24, 2.45) is 5.41 Å². The second-order valence-electron chi connectivity index (χ2n) is 6.59. The van der Waals surface area contributed by atoms with Crippen LogP contribution in [-0.4, -0.2) is 12.5 Å². The Balaban J connectivity index is 2.01. The van der Waals surface area contributed by atoms with Gasteiger partial charge in [-0.3, -0.25) is 4.79 Å². The van der Waals surface area contributed by atoms with Gasteiger partial charge in [-0.05, 0) is 49.8 Å². The molecule has 1 amide bonds. The maximum Gasteiger partial charge on any atom is 0.230 e. The quantitative estimate of drug-likeness (QED) is 0.818. The molecule has 1 fully saturated rings. The molecule has 0 aromatic heterocycles. The monoisotopic (exact) mass is 260 g/mol. The number of anilines is 1. The highest BCUT2D eigenvalue weighted by Gasteiger charge is 2.35. The summed E-state index contributed by atoms with van der Waals surface area (Å²) in [5.41, 5.74) is 7.20. The van der Waals surface area contributed by atoms with E-state index in [0.29, 0.717) is 5.41 Å². The van der Waals surface area contributed by atoms with E-state index >= 15 is 0 Å². The first kappa shape index (κ1) is 13.9. The number of benzene rings is 1. The van der Waals surface area contributed by atoms with Crippen LogP contribution in [0.15, 0.2) is 24.3 Å². The molecule has 1 aromatic carbocycles. The van der Waals surface area contributed by atoms with E-state index in [2.05, 4.69) is 12.2 Å². The molecule has 0 saturated heterocycles. The summed E-state index contributed by atoms with van der Waals surface area (Å²) in [5.74, 6) is 0.0883. The van der Waals surface area contributed by atoms with Crippen molar-refractivity contribution in [2.45, 2.75) is 45.4 Å². The summed E-state index contributed by atoms with van der Waals surface area (Å²) in [7, 11) is 0. The Morgan fingerprint density at radius 3 is 2.37 bits per heavy atom. The smallest absolute Gasteiger partial charge is 0.230 e. The first-order valence-corrected chi connectivity index (χ1v) is 6.98. The van der Waals surface area contributed by atoms with Crippen molar-refractivity contribution >= 4 is 11.6 Å². The zero-order valence-corrected chi connectivity index (χ0v) is 12.1. The van der Waals surface area contributed by atoms with Gasteiger partial charge in [0.2, 0.25) is 5.91 Å². The van der Waals surface area contributed by atoms with Crippen LogP contribution in [0.4, 0.5) is 5.69 Å². The number of carbonyl (C=O) groups excluding carboxylic acids is 1. The highest BCUT2D eigenvalue weighted by Crippen LogP contribution is 2.39. The van der Waals surface area contributed by atoms with Gasteiger partial charge in [-0.25, -0.2) is 0 Å². The summed E-state index contributed by atoms with van der Waals surface area (Å²) in [5, 5.41) is 3.11. The van der Waals surface area contributed by atoms with Gasteiger partial charge in [-0.15, -0.1) is 0 Å². The van der Waals surface area contributed by atoms with Crippen molar-refractivity contribution in [2.75, 3.05) is 12.3 Å². The third kappa shape index (κ3) is 2.91. The molecular formula is C16H24N2O. The van der Waals surface area contributed by atoms with Gasteiger partial charge >= 0.3 is 0 Å². The van der Waals surface area contributed by atoms with Crippen molar-refractivity contribution in [3.8, 4) is 0 Å². The number of nitrogens with two attached hydrogens (primary N) is 1. The molecule has 1 aromatic rings. The van der Waals surface area contributed by atoms with Gasteiger partial charge in [0.1, 0.15) is 0 Å². The van der Waals surface area contributed by atoms with E-state index in [0.717, 1.165) is 17.8 Å². The van der Waals surface area contributed by atoms with E-state index in [1.165, 1.54) is 19.3 Å². The van der Waals surface area contributed by atoms with Gasteiger partial charge in [-0.1, -0.05) is 25.5 Å². The number of rotatable bonds is 4. The van der Waals surface area contributed by atoms with E-state index in [9.17, 15) is 4.79 Å². The fourth-order valence-electron chi connectivity index (χ4n) is 2.50. The Morgan fingerprint density at radius 1 is 1.32 bits per heavy atom. The molecule has 1 saturated carbocycles. The van der Waals surface area contributed by atoms with Gasteiger partial charge in [0.05, 0.1) is 5.41 Å². The predicted octanol–water partition coefficient (Wildman–Crippen LogP) is 2.85. The number of amides is 1. The van der Waals surface area contributed by atoms with Crippen molar-refractivity contribution in [3.05, 3.63) is 29.8 Å². The molecule has 0 heterocycles. The lowest BCUT2D eigenvalue weighted by atomic mass is 9.70. The number of hydrogen-bond donors (Lipinski definition) is 2. The summed E-state index contributed by atoms with van der Waals surface area (Å²) >= 11 is 0. The third-order valence-corrected chi connectivity index (χ3v) is 4.44. The average Bonchev–Trinajstić information content (AvgIpc) is 2.34. The van der Waals surface area contributed by atoms with Crippen LogP contribution >= 0.6 is 0 Å². The van der Waals surface area contributed by atoms with Crippen LogP contribution in [0.2, 0.25) is 0 Å². The fourth-order valence-corrected chi connectivity index (χ4v) is 2.50. The normalized spacial score (nSPS) is 17.6. The first-order valence-electron chi connectivity index (χ1n) is 6.98. The number of carbonyl (C=O) groups is 1. The van der Waals surface area contributed by atoms with Crippen molar-refractivity contribution in [1.29, 1.82) is 0 Å². The van der Waals surface area contributed by atoms with Gasteiger partial charge in [-0.2, -0.15) is 0 Å². The summed E-state index contributed by atoms with van der Waals surface area (Å²) in [6.07, 6.45) is 3.72. The second kappa shape index (κ2) is 4.87. The summed E-state index contributed by atoms with van der Waals surface area (Å²) < 4.78 is 0. The van der Waals surface area contributed by atoms with Crippen molar-refractivity contribution in [3.63, 3.8) is 0 Å². The number of nitrogen functional groups attached to an aromatic ring is 1. The maximum absolute atomic E-state index is 12.4. The van der Waals surface area contributed by atoms with Crippen molar-refractivity contribution < 1.29 is 4.79 Å². The van der Waals surface area contributed by atoms with Crippen LogP contribution in [0.3, 0.4) is 0 Å². The summed E-state index contributed by atoms with van der Waals surface area (Å²) in [6.45, 7) is 6.94. The highest BCUT2D eigenvalue weighted by atomic mass is 16.2. The van der Waals surface area contributed by atoms with E-state index in [4.69, 9.17) is 5.73 Å². The Labute approximate surface area is 115 Å². The summed E-state index contributed by atoms with van der Waals surface area (Å²) in [4.78, 5) is 12.4. The van der Waals surface area contributed by atoms with Gasteiger partial charge in [0, 0.05) is 12.2 Å². The molecule has 3 N–H and O–H groups in total. The first-order chi connectivity index (χ1) is 8.83. The minimum absolute atomic E-state index is 0.0883. The minimum atomic E-state index is -0.520. The molecule has 3 nitrogen and oxygen atoms in total. The SMILES string of the molecule is CC1(CNC(=O)C(C)(C)c2ccc(N)cc2)CCC1. The van der Waals surface area contributed by atoms with Crippen LogP contribution in [0.1, 0.15) is 45.6 Å². The highest BCUT2D eigenvalue weighted by molar-refractivity contribution is 5.87. The molecule has 1 aliphatic carbocycles. The van der Waals surface area contributed by atoms with Gasteiger partial charge in [0.25, 0.3) is 0 Å². The van der Waals surface area contributed by atoms with E-state index in [1.807, 2.05) is 38.1 Å². The molecular weight excluding hydrogens is 236 g/mol. The van der Waals surface area contributed by atoms with Crippen LogP contribution in [-0.2, 0) is 10.2 Å². The molecule has 3 heteroatoms. The molecule has 0 aliphatic heterocycles. The van der Waals surface area contributed by atoms with Crippen LogP contribution < -0.4 is 11.1 Å². The largest absolute Gasteiger partial charge is 0.399 e. The van der Waals surface area contributed by atoms with Crippen molar-refractivity contribution in [1.82, 2.24) is 5.32 Å². The molecule has 0 atom stereocenters. The average molecular weight is 260 g/mol. The lowest BCUT2D eigenvalue weighted by molar-refractivity contribution is -0.126. The number of hydrogen-bond acceptors (Lipinski definition) is 2. The Hall–Kier alpha value is -1.51. The summed E-state index contributed by atoms with van der Waals surface area (Å²) in [6, 6.07) is 7.55. The van der Waals surface area contributed by atoms with E-state index < -0.39 is 5.41 Å². The molecule has 104 valence electrons. The minimum Gasteiger partial charge on any atom is -0.399 e. The Kier molecular flexibility index (Phi) is 3.57. The zero-order chi connectivity index (χ0) is 14.1. The number of nitrogens with one attached hydrogen (secondary N) is 1. The van der Waals surface area contributed by atoms with E-state index in [-0.39, 0.29) is 5.91 Å². The van der Waals surface area contributed by atoms with Gasteiger partial charge in [0.15, 0.2) is 0 Å². The van der Waals surface area contributed by atoms with Crippen LogP contribution in [0, 0.1) is 5.41 Å². The van der Waals surface area contributed by atoms with E-state index in [1.54, 1.807) is 0 Å². The molecule has 0 radical (unpaired) electrons. The maximum atomic E-state index is 12.4. The Morgan fingerprint density at radius 2 is 1.89 bits per heavy atom. The van der Waals surface area contributed by atoms with Crippen LogP contribution in [0.25, 0.3) is 0 Å². The molecule has 0 bridgehead atoms. The molecule has 19 heavy (non-hydrogen) atoms. The molecule has 0 unspecified atom stereocenters. The van der Waals surface area contributed by atoms with Crippen LogP contribution in [0.5, 0.6) is 0 Å². The molecule has 0 spiro atoms. The standard InChI is InChI=1S/C16H24N2O/c1-15(2,12-5-7-13(17)8-6-12)14(19)18-11-16(3)9-4-10-16/h5-8H,4,9-11,17H2,1-3H3,(H,18,19). The predicted molar refractivity (Wildman–Crippen MR) is 78.8 cm³/mol. The molecule has 2 rings (SSSR count). The topological polar surface area (TPSA) is 55.1 Å². The third-order valence-electron chi connectivity index (χ3n) is 4.44. The van der Waals surface area contributed by atoms with Gasteiger partial charge < -0.3 is 11.1 Å².